The number of carbonyl (C=O) groups is 1. The number of primary amides is 1. The van der Waals surface area contributed by atoms with E-state index in [4.69, 9.17) is 10.5 Å². The van der Waals surface area contributed by atoms with Crippen molar-refractivity contribution in [1.29, 1.82) is 0 Å². The van der Waals surface area contributed by atoms with Crippen LogP contribution in [0.15, 0.2) is 48.8 Å². The van der Waals surface area contributed by atoms with E-state index >= 15 is 0 Å². The molecule has 0 spiro atoms. The fourth-order valence-corrected chi connectivity index (χ4v) is 2.56. The average molecular weight is 322 g/mol. The number of fused-ring (bicyclic) bond motifs is 1. The number of rotatable bonds is 5. The van der Waals surface area contributed by atoms with E-state index in [9.17, 15) is 4.79 Å². The molecule has 1 atom stereocenters. The Morgan fingerprint density at radius 3 is 2.75 bits per heavy atom. The molecule has 3 aromatic rings. The largest absolute Gasteiger partial charge is 0.497 e. The molecule has 0 aliphatic rings. The topological polar surface area (TPSA) is 90.1 Å². The lowest BCUT2D eigenvalue weighted by Gasteiger charge is -2.18. The molecule has 0 saturated heterocycles. The SMILES string of the molecule is COc1ccc2ncc(C(N)=O)c(N[C@H](C)c3ccccn3)c2c1. The second-order valence-corrected chi connectivity index (χ2v) is 5.41. The summed E-state index contributed by atoms with van der Waals surface area (Å²) in [5.41, 5.74) is 8.09. The Balaban J connectivity index is 2.12. The molecule has 0 aliphatic carbocycles. The maximum Gasteiger partial charge on any atom is 0.252 e. The van der Waals surface area contributed by atoms with Crippen LogP contribution >= 0.6 is 0 Å². The number of carbonyl (C=O) groups excluding carboxylic acids is 1. The minimum Gasteiger partial charge on any atom is -0.497 e. The molecule has 3 rings (SSSR count). The molecule has 2 heterocycles. The lowest BCUT2D eigenvalue weighted by Crippen LogP contribution is -2.17. The Morgan fingerprint density at radius 2 is 2.08 bits per heavy atom. The lowest BCUT2D eigenvalue weighted by atomic mass is 10.1. The van der Waals surface area contributed by atoms with E-state index in [0.717, 1.165) is 16.6 Å². The van der Waals surface area contributed by atoms with Crippen LogP contribution < -0.4 is 15.8 Å². The molecular formula is C18H18N4O2. The van der Waals surface area contributed by atoms with Crippen LogP contribution in [-0.4, -0.2) is 23.0 Å². The maximum absolute atomic E-state index is 11.8. The van der Waals surface area contributed by atoms with Gasteiger partial charge in [0, 0.05) is 17.8 Å². The molecule has 0 unspecified atom stereocenters. The Bertz CT molecular complexity index is 881. The number of benzene rings is 1. The molecule has 1 aromatic carbocycles. The number of pyridine rings is 2. The predicted molar refractivity (Wildman–Crippen MR) is 93.1 cm³/mol. The summed E-state index contributed by atoms with van der Waals surface area (Å²) in [6, 6.07) is 11.1. The molecule has 0 fully saturated rings. The van der Waals surface area contributed by atoms with Gasteiger partial charge in [0.15, 0.2) is 0 Å². The van der Waals surface area contributed by atoms with E-state index in [2.05, 4.69) is 15.3 Å². The number of anilines is 1. The van der Waals surface area contributed by atoms with Gasteiger partial charge >= 0.3 is 0 Å². The van der Waals surface area contributed by atoms with Crippen LogP contribution in [0.2, 0.25) is 0 Å². The second-order valence-electron chi connectivity index (χ2n) is 5.41. The average Bonchev–Trinajstić information content (AvgIpc) is 2.62. The van der Waals surface area contributed by atoms with Crippen LogP contribution in [0.25, 0.3) is 10.9 Å². The first kappa shape index (κ1) is 15.7. The summed E-state index contributed by atoms with van der Waals surface area (Å²) in [5, 5.41) is 4.12. The second kappa shape index (κ2) is 6.54. The van der Waals surface area contributed by atoms with Crippen LogP contribution in [0.4, 0.5) is 5.69 Å². The Morgan fingerprint density at radius 1 is 1.25 bits per heavy atom. The van der Waals surface area contributed by atoms with Gasteiger partial charge in [-0.05, 0) is 37.3 Å². The predicted octanol–water partition coefficient (Wildman–Crippen LogP) is 2.91. The summed E-state index contributed by atoms with van der Waals surface area (Å²) < 4.78 is 5.28. The van der Waals surface area contributed by atoms with E-state index in [1.54, 1.807) is 13.3 Å². The summed E-state index contributed by atoms with van der Waals surface area (Å²) in [4.78, 5) is 20.5. The van der Waals surface area contributed by atoms with Gasteiger partial charge in [-0.15, -0.1) is 0 Å². The fraction of sp³-hybridized carbons (Fsp3) is 0.167. The molecule has 0 bridgehead atoms. The van der Waals surface area contributed by atoms with Crippen LogP contribution in [0.5, 0.6) is 5.75 Å². The molecule has 122 valence electrons. The van der Waals surface area contributed by atoms with Crippen molar-refractivity contribution in [3.8, 4) is 5.75 Å². The van der Waals surface area contributed by atoms with Gasteiger partial charge in [-0.25, -0.2) is 0 Å². The highest BCUT2D eigenvalue weighted by atomic mass is 16.5. The number of nitrogens with one attached hydrogen (secondary N) is 1. The standard InChI is InChI=1S/C18H18N4O2/c1-11(15-5-3-4-8-20-15)22-17-13-9-12(24-2)6-7-16(13)21-10-14(17)18(19)23/h3-11H,1-2H3,(H2,19,23)(H,21,22)/t11-/m1/s1. The number of aromatic nitrogens is 2. The van der Waals surface area contributed by atoms with Crippen molar-refractivity contribution in [3.05, 3.63) is 60.0 Å². The number of hydrogen-bond donors (Lipinski definition) is 2. The van der Waals surface area contributed by atoms with Gasteiger partial charge in [0.05, 0.1) is 35.6 Å². The molecule has 0 saturated carbocycles. The number of methoxy groups -OCH3 is 1. The molecular weight excluding hydrogens is 304 g/mol. The summed E-state index contributed by atoms with van der Waals surface area (Å²) >= 11 is 0. The highest BCUT2D eigenvalue weighted by Gasteiger charge is 2.17. The Hall–Kier alpha value is -3.15. The number of hydrogen-bond acceptors (Lipinski definition) is 5. The Kier molecular flexibility index (Phi) is 4.29. The van der Waals surface area contributed by atoms with Crippen molar-refractivity contribution in [1.82, 2.24) is 9.97 Å². The number of nitrogens with two attached hydrogens (primary N) is 1. The molecule has 0 aliphatic heterocycles. The molecule has 3 N–H and O–H groups in total. The van der Waals surface area contributed by atoms with Crippen molar-refractivity contribution >= 4 is 22.5 Å². The highest BCUT2D eigenvalue weighted by Crippen LogP contribution is 2.31. The minimum absolute atomic E-state index is 0.110. The van der Waals surface area contributed by atoms with Crippen LogP contribution in [-0.2, 0) is 0 Å². The first-order chi connectivity index (χ1) is 11.6. The van der Waals surface area contributed by atoms with Crippen LogP contribution in [0.1, 0.15) is 29.0 Å². The van der Waals surface area contributed by atoms with Crippen LogP contribution in [0.3, 0.4) is 0 Å². The maximum atomic E-state index is 11.8. The zero-order valence-corrected chi connectivity index (χ0v) is 13.5. The lowest BCUT2D eigenvalue weighted by molar-refractivity contribution is 0.100. The van der Waals surface area contributed by atoms with E-state index in [1.807, 2.05) is 43.3 Å². The van der Waals surface area contributed by atoms with Crippen molar-refractivity contribution in [2.24, 2.45) is 5.73 Å². The fourth-order valence-electron chi connectivity index (χ4n) is 2.56. The summed E-state index contributed by atoms with van der Waals surface area (Å²) in [7, 11) is 1.59. The first-order valence-corrected chi connectivity index (χ1v) is 7.54. The zero-order valence-electron chi connectivity index (χ0n) is 13.5. The summed E-state index contributed by atoms with van der Waals surface area (Å²) in [6.07, 6.45) is 3.22. The monoisotopic (exact) mass is 322 g/mol. The van der Waals surface area contributed by atoms with Gasteiger partial charge < -0.3 is 15.8 Å². The molecule has 1 amide bonds. The molecule has 6 nitrogen and oxygen atoms in total. The van der Waals surface area contributed by atoms with E-state index in [-0.39, 0.29) is 6.04 Å². The van der Waals surface area contributed by atoms with Crippen molar-refractivity contribution in [2.45, 2.75) is 13.0 Å². The quantitative estimate of drug-likeness (QED) is 0.754. The van der Waals surface area contributed by atoms with Crippen molar-refractivity contribution < 1.29 is 9.53 Å². The number of ether oxygens (including phenoxy) is 1. The summed E-state index contributed by atoms with van der Waals surface area (Å²) in [6.45, 7) is 1.97. The normalized spacial score (nSPS) is 11.9. The first-order valence-electron chi connectivity index (χ1n) is 7.54. The third-order valence-corrected chi connectivity index (χ3v) is 3.83. The molecule has 6 heteroatoms. The van der Waals surface area contributed by atoms with Crippen molar-refractivity contribution in [3.63, 3.8) is 0 Å². The Labute approximate surface area is 139 Å². The number of nitrogens with zero attached hydrogens (tertiary/aromatic N) is 2. The van der Waals surface area contributed by atoms with E-state index in [0.29, 0.717) is 17.0 Å². The van der Waals surface area contributed by atoms with E-state index < -0.39 is 5.91 Å². The molecule has 0 radical (unpaired) electrons. The molecule has 2 aromatic heterocycles. The molecule has 24 heavy (non-hydrogen) atoms. The smallest absolute Gasteiger partial charge is 0.252 e. The zero-order chi connectivity index (χ0) is 17.1. The highest BCUT2D eigenvalue weighted by molar-refractivity contribution is 6.06. The minimum atomic E-state index is -0.539. The van der Waals surface area contributed by atoms with Gasteiger partial charge in [-0.1, -0.05) is 6.07 Å². The van der Waals surface area contributed by atoms with Gasteiger partial charge in [-0.3, -0.25) is 14.8 Å². The number of amides is 1. The third kappa shape index (κ3) is 2.99. The van der Waals surface area contributed by atoms with E-state index in [1.165, 1.54) is 6.20 Å². The summed E-state index contributed by atoms with van der Waals surface area (Å²) in [5.74, 6) is 0.141. The van der Waals surface area contributed by atoms with Gasteiger partial charge in [0.2, 0.25) is 0 Å². The van der Waals surface area contributed by atoms with Crippen LogP contribution in [0, 0.1) is 0 Å². The third-order valence-electron chi connectivity index (χ3n) is 3.83. The van der Waals surface area contributed by atoms with Crippen molar-refractivity contribution in [2.75, 3.05) is 12.4 Å². The van der Waals surface area contributed by atoms with Gasteiger partial charge in [-0.2, -0.15) is 0 Å². The van der Waals surface area contributed by atoms with Gasteiger partial charge in [0.1, 0.15) is 5.75 Å². The van der Waals surface area contributed by atoms with Gasteiger partial charge in [0.25, 0.3) is 5.91 Å².